The van der Waals surface area contributed by atoms with Gasteiger partial charge < -0.3 is 4.74 Å². The number of carbonyl (C=O) groups excluding carboxylic acids is 1. The summed E-state index contributed by atoms with van der Waals surface area (Å²) in [4.78, 5) is 11.4. The molecule has 0 aromatic heterocycles. The number of hydrogen-bond acceptors (Lipinski definition) is 2. The van der Waals surface area contributed by atoms with Crippen LogP contribution in [-0.4, -0.2) is 10.8 Å². The van der Waals surface area contributed by atoms with Crippen molar-refractivity contribution in [3.05, 3.63) is 28.2 Å². The third-order valence-corrected chi connectivity index (χ3v) is 2.92. The van der Waals surface area contributed by atoms with E-state index in [-0.39, 0.29) is 5.78 Å². The van der Waals surface area contributed by atoms with Gasteiger partial charge in [-0.2, -0.15) is 0 Å². The number of halogens is 2. The van der Waals surface area contributed by atoms with E-state index in [1.54, 1.807) is 6.07 Å². The van der Waals surface area contributed by atoms with Crippen LogP contribution in [0, 0.1) is 0 Å². The number of benzene rings is 1. The number of ketones is 1. The molecule has 4 heteroatoms. The summed E-state index contributed by atoms with van der Waals surface area (Å²) in [5, 5.41) is -0.522. The molecule has 1 aromatic rings. The number of hydrogen-bond donors (Lipinski definition) is 0. The van der Waals surface area contributed by atoms with Crippen LogP contribution in [0.4, 0.5) is 0 Å². The molecule has 0 spiro atoms. The van der Waals surface area contributed by atoms with Crippen molar-refractivity contribution < 1.29 is 9.53 Å². The molecule has 0 saturated carbocycles. The van der Waals surface area contributed by atoms with Crippen molar-refractivity contribution >= 4 is 37.6 Å². The fourth-order valence-corrected chi connectivity index (χ4v) is 2.09. The molecule has 1 atom stereocenters. The molecule has 0 aliphatic carbocycles. The van der Waals surface area contributed by atoms with E-state index in [0.717, 1.165) is 4.47 Å². The second kappa shape index (κ2) is 2.85. The Kier molecular flexibility index (Phi) is 1.96. The molecular formula is C8H4Br2O2. The Morgan fingerprint density at radius 1 is 1.42 bits per heavy atom. The summed E-state index contributed by atoms with van der Waals surface area (Å²) in [5.41, 5.74) is 0.624. The van der Waals surface area contributed by atoms with Gasteiger partial charge in [0.15, 0.2) is 0 Å². The predicted octanol–water partition coefficient (Wildman–Crippen LogP) is 2.75. The zero-order valence-corrected chi connectivity index (χ0v) is 9.05. The molecule has 1 aliphatic rings. The molecule has 0 saturated heterocycles. The molecular weight excluding hydrogens is 288 g/mol. The van der Waals surface area contributed by atoms with Gasteiger partial charge in [-0.3, -0.25) is 4.79 Å². The minimum atomic E-state index is -0.522. The Morgan fingerprint density at radius 2 is 2.17 bits per heavy atom. The molecule has 0 bridgehead atoms. The molecule has 0 unspecified atom stereocenters. The lowest BCUT2D eigenvalue weighted by Gasteiger charge is -1.97. The van der Waals surface area contributed by atoms with Crippen LogP contribution in [0.3, 0.4) is 0 Å². The summed E-state index contributed by atoms with van der Waals surface area (Å²) in [6.07, 6.45) is 0. The van der Waals surface area contributed by atoms with E-state index in [1.165, 1.54) is 0 Å². The van der Waals surface area contributed by atoms with E-state index in [9.17, 15) is 4.79 Å². The molecule has 1 aliphatic heterocycles. The lowest BCUT2D eigenvalue weighted by molar-refractivity contribution is 0.0941. The molecule has 0 fully saturated rings. The smallest absolute Gasteiger partial charge is 0.219 e. The van der Waals surface area contributed by atoms with Crippen molar-refractivity contribution in [2.75, 3.05) is 0 Å². The van der Waals surface area contributed by atoms with Crippen LogP contribution in [0.5, 0.6) is 5.75 Å². The lowest BCUT2D eigenvalue weighted by Crippen LogP contribution is -2.10. The first kappa shape index (κ1) is 8.26. The summed E-state index contributed by atoms with van der Waals surface area (Å²) < 4.78 is 6.02. The van der Waals surface area contributed by atoms with Gasteiger partial charge in [-0.25, -0.2) is 0 Å². The minimum absolute atomic E-state index is 0.0301. The monoisotopic (exact) mass is 290 g/mol. The number of fused-ring (bicyclic) bond motifs is 1. The minimum Gasteiger partial charge on any atom is -0.470 e. The third-order valence-electron chi connectivity index (χ3n) is 1.66. The van der Waals surface area contributed by atoms with Crippen molar-refractivity contribution in [3.8, 4) is 5.75 Å². The van der Waals surface area contributed by atoms with Crippen molar-refractivity contribution in [1.82, 2.24) is 0 Å². The number of ether oxygens (including phenoxy) is 1. The zero-order chi connectivity index (χ0) is 8.72. The molecule has 62 valence electrons. The highest BCUT2D eigenvalue weighted by Gasteiger charge is 2.31. The summed E-state index contributed by atoms with van der Waals surface area (Å²) in [5.74, 6) is 0.605. The highest BCUT2D eigenvalue weighted by Crippen LogP contribution is 2.35. The predicted molar refractivity (Wildman–Crippen MR) is 51.8 cm³/mol. The quantitative estimate of drug-likeness (QED) is 0.687. The van der Waals surface area contributed by atoms with E-state index in [2.05, 4.69) is 31.9 Å². The SMILES string of the molecule is O=C1c2c(Br)cccc2O[C@H]1Br. The summed E-state index contributed by atoms with van der Waals surface area (Å²) in [6.45, 7) is 0. The van der Waals surface area contributed by atoms with E-state index in [4.69, 9.17) is 4.74 Å². The van der Waals surface area contributed by atoms with Gasteiger partial charge >= 0.3 is 0 Å². The van der Waals surface area contributed by atoms with Crippen LogP contribution in [0.15, 0.2) is 22.7 Å². The van der Waals surface area contributed by atoms with E-state index in [1.807, 2.05) is 12.1 Å². The van der Waals surface area contributed by atoms with Gasteiger partial charge in [0, 0.05) is 4.47 Å². The maximum absolute atomic E-state index is 11.4. The van der Waals surface area contributed by atoms with Crippen LogP contribution in [-0.2, 0) is 0 Å². The Balaban J connectivity index is 2.62. The van der Waals surface area contributed by atoms with Crippen LogP contribution in [0.25, 0.3) is 0 Å². The fourth-order valence-electron chi connectivity index (χ4n) is 1.12. The highest BCUT2D eigenvalue weighted by atomic mass is 79.9. The van der Waals surface area contributed by atoms with Gasteiger partial charge in [-0.1, -0.05) is 6.07 Å². The van der Waals surface area contributed by atoms with Crippen LogP contribution in [0.1, 0.15) is 10.4 Å². The average molecular weight is 292 g/mol. The van der Waals surface area contributed by atoms with E-state index < -0.39 is 5.01 Å². The van der Waals surface area contributed by atoms with Crippen LogP contribution < -0.4 is 4.74 Å². The van der Waals surface area contributed by atoms with Crippen LogP contribution >= 0.6 is 31.9 Å². The van der Waals surface area contributed by atoms with Gasteiger partial charge in [0.25, 0.3) is 0 Å². The van der Waals surface area contributed by atoms with E-state index in [0.29, 0.717) is 11.3 Å². The van der Waals surface area contributed by atoms with Crippen molar-refractivity contribution in [1.29, 1.82) is 0 Å². The number of carbonyl (C=O) groups is 1. The molecule has 0 radical (unpaired) electrons. The molecule has 0 amide bonds. The lowest BCUT2D eigenvalue weighted by atomic mass is 10.1. The first-order valence-corrected chi connectivity index (χ1v) is 5.04. The number of rotatable bonds is 0. The topological polar surface area (TPSA) is 26.3 Å². The molecule has 1 heterocycles. The number of Topliss-reactive ketones (excluding diaryl/α,β-unsaturated/α-hetero) is 1. The van der Waals surface area contributed by atoms with Crippen molar-refractivity contribution in [2.45, 2.75) is 5.01 Å². The van der Waals surface area contributed by atoms with Crippen molar-refractivity contribution in [3.63, 3.8) is 0 Å². The Morgan fingerprint density at radius 3 is 2.83 bits per heavy atom. The largest absolute Gasteiger partial charge is 0.470 e. The number of alkyl halides is 1. The first-order chi connectivity index (χ1) is 5.70. The Bertz CT molecular complexity index is 349. The summed E-state index contributed by atoms with van der Waals surface area (Å²) in [7, 11) is 0. The summed E-state index contributed by atoms with van der Waals surface area (Å²) >= 11 is 6.42. The average Bonchev–Trinajstić information content (AvgIpc) is 2.29. The van der Waals surface area contributed by atoms with Crippen LogP contribution in [0.2, 0.25) is 0 Å². The maximum atomic E-state index is 11.4. The second-order valence-corrected chi connectivity index (χ2v) is 4.10. The van der Waals surface area contributed by atoms with Gasteiger partial charge in [0.1, 0.15) is 5.75 Å². The maximum Gasteiger partial charge on any atom is 0.219 e. The normalized spacial score (nSPS) is 20.5. The Labute approximate surface area is 86.2 Å². The van der Waals surface area contributed by atoms with Gasteiger partial charge in [0.2, 0.25) is 10.8 Å². The third kappa shape index (κ3) is 1.10. The molecule has 12 heavy (non-hydrogen) atoms. The van der Waals surface area contributed by atoms with Gasteiger partial charge in [-0.05, 0) is 44.0 Å². The second-order valence-electron chi connectivity index (χ2n) is 2.41. The molecule has 2 nitrogen and oxygen atoms in total. The van der Waals surface area contributed by atoms with Gasteiger partial charge in [-0.15, -0.1) is 0 Å². The highest BCUT2D eigenvalue weighted by molar-refractivity contribution is 9.10. The van der Waals surface area contributed by atoms with E-state index >= 15 is 0 Å². The zero-order valence-electron chi connectivity index (χ0n) is 5.88. The first-order valence-electron chi connectivity index (χ1n) is 3.33. The molecule has 0 N–H and O–H groups in total. The van der Waals surface area contributed by atoms with Gasteiger partial charge in [0.05, 0.1) is 5.56 Å². The standard InChI is InChI=1S/C8H4Br2O2/c9-4-2-1-3-5-6(4)7(11)8(10)12-5/h1-3,8H/t8-/m1/s1. The van der Waals surface area contributed by atoms with Crippen molar-refractivity contribution in [2.24, 2.45) is 0 Å². The summed E-state index contributed by atoms with van der Waals surface area (Å²) in [6, 6.07) is 5.44. The Hall–Kier alpha value is -0.350. The molecule has 2 rings (SSSR count). The fraction of sp³-hybridized carbons (Fsp3) is 0.125. The molecule has 1 aromatic carbocycles.